The maximum Gasteiger partial charge on any atom is 0.489 e. The van der Waals surface area contributed by atoms with E-state index in [4.69, 9.17) is 4.74 Å². The number of fused-ring (bicyclic) bond motifs is 1. The van der Waals surface area contributed by atoms with Crippen molar-refractivity contribution in [2.24, 2.45) is 0 Å². The molecule has 0 bridgehead atoms. The highest BCUT2D eigenvalue weighted by atomic mass is 16.5. The van der Waals surface area contributed by atoms with Crippen LogP contribution in [0.2, 0.25) is 0 Å². The Morgan fingerprint density at radius 1 is 1.32 bits per heavy atom. The average molecular weight is 343 g/mol. The second-order valence-electron chi connectivity index (χ2n) is 5.82. The van der Waals surface area contributed by atoms with Crippen LogP contribution in [0.4, 0.5) is 5.82 Å². The number of anilines is 1. The van der Waals surface area contributed by atoms with E-state index in [0.29, 0.717) is 24.3 Å². The first-order valence-corrected chi connectivity index (χ1v) is 7.85. The Kier molecular flexibility index (Phi) is 4.60. The van der Waals surface area contributed by atoms with E-state index in [0.717, 1.165) is 5.69 Å². The molecule has 0 spiro atoms. The van der Waals surface area contributed by atoms with Crippen molar-refractivity contribution >= 4 is 30.3 Å². The van der Waals surface area contributed by atoms with Crippen molar-refractivity contribution in [3.63, 3.8) is 0 Å². The molecule has 0 saturated heterocycles. The first-order valence-electron chi connectivity index (χ1n) is 7.85. The largest absolute Gasteiger partial charge is 0.489 e. The quantitative estimate of drug-likeness (QED) is 0.578. The van der Waals surface area contributed by atoms with Crippen molar-refractivity contribution in [2.75, 3.05) is 11.4 Å². The fraction of sp³-hybridized carbons (Fsp3) is 0.312. The van der Waals surface area contributed by atoms with E-state index in [1.165, 1.54) is 24.1 Å². The van der Waals surface area contributed by atoms with Gasteiger partial charge in [-0.05, 0) is 30.6 Å². The van der Waals surface area contributed by atoms with Crippen molar-refractivity contribution in [2.45, 2.75) is 27.0 Å². The number of amides is 1. The van der Waals surface area contributed by atoms with Gasteiger partial charge in [0.25, 0.3) is 5.91 Å². The highest BCUT2D eigenvalue weighted by Crippen LogP contribution is 2.24. The Labute approximate surface area is 144 Å². The van der Waals surface area contributed by atoms with Gasteiger partial charge in [0.1, 0.15) is 18.1 Å². The number of nitrogens with zero attached hydrogens (tertiary/aromatic N) is 3. The summed E-state index contributed by atoms with van der Waals surface area (Å²) in [5.74, 6) is -0.481. The molecule has 1 amide bonds. The minimum Gasteiger partial charge on any atom is -0.461 e. The molecule has 0 aliphatic carbocycles. The van der Waals surface area contributed by atoms with Crippen molar-refractivity contribution < 1.29 is 24.4 Å². The summed E-state index contributed by atoms with van der Waals surface area (Å²) in [6, 6.07) is 5.05. The van der Waals surface area contributed by atoms with E-state index < -0.39 is 13.1 Å². The van der Waals surface area contributed by atoms with Gasteiger partial charge in [0.15, 0.2) is 0 Å². The Balaban J connectivity index is 2.03. The molecule has 0 aromatic carbocycles. The maximum absolute atomic E-state index is 12.8. The lowest BCUT2D eigenvalue weighted by Crippen LogP contribution is -2.43. The summed E-state index contributed by atoms with van der Waals surface area (Å²) in [5.41, 5.74) is 1.99. The smallest absolute Gasteiger partial charge is 0.461 e. The lowest BCUT2D eigenvalue weighted by Gasteiger charge is -2.30. The predicted octanol–water partition coefficient (Wildman–Crippen LogP) is -0.405. The topological polar surface area (TPSA) is 105 Å². The van der Waals surface area contributed by atoms with Gasteiger partial charge < -0.3 is 19.4 Å². The van der Waals surface area contributed by atoms with Crippen LogP contribution in [-0.4, -0.2) is 45.1 Å². The molecule has 0 saturated carbocycles. The van der Waals surface area contributed by atoms with Crippen molar-refractivity contribution in [1.29, 1.82) is 0 Å². The second kappa shape index (κ2) is 6.69. The summed E-state index contributed by atoms with van der Waals surface area (Å²) in [5, 5.41) is 19.2. The monoisotopic (exact) mass is 343 g/mol. The van der Waals surface area contributed by atoms with Crippen LogP contribution in [0.5, 0.6) is 0 Å². The lowest BCUT2D eigenvalue weighted by atomic mass is 9.77. The molecule has 2 aromatic heterocycles. The number of carbonyl (C=O) groups is 2. The van der Waals surface area contributed by atoms with E-state index in [-0.39, 0.29) is 23.8 Å². The van der Waals surface area contributed by atoms with E-state index in [1.54, 1.807) is 6.07 Å². The number of aryl methyl sites for hydroxylation is 1. The number of pyridine rings is 1. The standard InChI is InChI=1S/C16H18BN3O5/c1-10-3-4-14-16(22)20(8-7-19(10)14)15-12(9-25-11(2)21)13(17(23)24)5-6-18-15/h3-6,23-24H,7-9H2,1-2H3. The molecule has 0 unspecified atom stereocenters. The Bertz CT molecular complexity index is 833. The van der Waals surface area contributed by atoms with Gasteiger partial charge in [-0.1, -0.05) is 0 Å². The summed E-state index contributed by atoms with van der Waals surface area (Å²) >= 11 is 0. The molecule has 0 radical (unpaired) electrons. The molecule has 8 nitrogen and oxygen atoms in total. The van der Waals surface area contributed by atoms with Gasteiger partial charge in [-0.15, -0.1) is 0 Å². The molecule has 1 aliphatic heterocycles. The summed E-state index contributed by atoms with van der Waals surface area (Å²) < 4.78 is 6.94. The second-order valence-corrected chi connectivity index (χ2v) is 5.82. The first kappa shape index (κ1) is 17.2. The number of hydrogen-bond donors (Lipinski definition) is 2. The SMILES string of the molecule is CC(=O)OCc1c(B(O)O)ccnc1N1CCn2c(C)ccc2C1=O. The van der Waals surface area contributed by atoms with E-state index >= 15 is 0 Å². The lowest BCUT2D eigenvalue weighted by molar-refractivity contribution is -0.142. The maximum atomic E-state index is 12.8. The third kappa shape index (κ3) is 3.15. The molecule has 2 N–H and O–H groups in total. The molecule has 3 heterocycles. The molecule has 1 aliphatic rings. The molecular formula is C16H18BN3O5. The first-order chi connectivity index (χ1) is 11.9. The molecular weight excluding hydrogens is 325 g/mol. The van der Waals surface area contributed by atoms with Gasteiger partial charge in [-0.3, -0.25) is 14.5 Å². The molecule has 9 heteroatoms. The fourth-order valence-electron chi connectivity index (χ4n) is 2.99. The van der Waals surface area contributed by atoms with E-state index in [9.17, 15) is 19.6 Å². The summed E-state index contributed by atoms with van der Waals surface area (Å²) in [4.78, 5) is 29.7. The number of hydrogen-bond acceptors (Lipinski definition) is 6. The third-order valence-corrected chi connectivity index (χ3v) is 4.23. The highest BCUT2D eigenvalue weighted by Gasteiger charge is 2.31. The van der Waals surface area contributed by atoms with Crippen LogP contribution >= 0.6 is 0 Å². The van der Waals surface area contributed by atoms with Gasteiger partial charge >= 0.3 is 13.1 Å². The zero-order valence-electron chi connectivity index (χ0n) is 14.0. The molecule has 0 fully saturated rings. The zero-order valence-corrected chi connectivity index (χ0v) is 14.0. The van der Waals surface area contributed by atoms with Gasteiger partial charge in [0, 0.05) is 37.5 Å². The summed E-state index contributed by atoms with van der Waals surface area (Å²) in [6.45, 7) is 3.97. The van der Waals surface area contributed by atoms with Gasteiger partial charge in [0.05, 0.1) is 0 Å². The molecule has 25 heavy (non-hydrogen) atoms. The number of rotatable bonds is 4. The Morgan fingerprint density at radius 3 is 2.76 bits per heavy atom. The minimum absolute atomic E-state index is 0.149. The van der Waals surface area contributed by atoms with Crippen LogP contribution in [0, 0.1) is 6.92 Å². The third-order valence-electron chi connectivity index (χ3n) is 4.23. The predicted molar refractivity (Wildman–Crippen MR) is 90.4 cm³/mol. The number of carbonyl (C=O) groups excluding carboxylic acids is 2. The summed E-state index contributed by atoms with van der Waals surface area (Å²) in [7, 11) is -1.77. The average Bonchev–Trinajstić information content (AvgIpc) is 2.95. The van der Waals surface area contributed by atoms with Crippen LogP contribution in [0.25, 0.3) is 0 Å². The van der Waals surface area contributed by atoms with Gasteiger partial charge in [-0.2, -0.15) is 0 Å². The van der Waals surface area contributed by atoms with Crippen molar-refractivity contribution in [3.05, 3.63) is 41.3 Å². The highest BCUT2D eigenvalue weighted by molar-refractivity contribution is 6.59. The zero-order chi connectivity index (χ0) is 18.1. The van der Waals surface area contributed by atoms with Crippen LogP contribution in [0.1, 0.15) is 28.7 Å². The summed E-state index contributed by atoms with van der Waals surface area (Å²) in [6.07, 6.45) is 1.40. The van der Waals surface area contributed by atoms with Gasteiger partial charge in [0.2, 0.25) is 0 Å². The number of ether oxygens (including phenoxy) is 1. The Morgan fingerprint density at radius 2 is 2.08 bits per heavy atom. The molecule has 0 atom stereocenters. The molecule has 130 valence electrons. The van der Waals surface area contributed by atoms with Crippen LogP contribution < -0.4 is 10.4 Å². The fourth-order valence-corrected chi connectivity index (χ4v) is 2.99. The van der Waals surface area contributed by atoms with E-state index in [2.05, 4.69) is 4.98 Å². The number of aromatic nitrogens is 2. The number of esters is 1. The van der Waals surface area contributed by atoms with Crippen LogP contribution in [0.3, 0.4) is 0 Å². The van der Waals surface area contributed by atoms with Gasteiger partial charge in [-0.25, -0.2) is 4.98 Å². The minimum atomic E-state index is -1.77. The normalized spacial score (nSPS) is 13.6. The Hall–Kier alpha value is -2.65. The molecule has 3 rings (SSSR count). The van der Waals surface area contributed by atoms with Crippen molar-refractivity contribution in [1.82, 2.24) is 9.55 Å². The van der Waals surface area contributed by atoms with Crippen molar-refractivity contribution in [3.8, 4) is 0 Å². The van der Waals surface area contributed by atoms with Crippen LogP contribution in [0.15, 0.2) is 24.4 Å². The molecule has 2 aromatic rings. The van der Waals surface area contributed by atoms with E-state index in [1.807, 2.05) is 17.6 Å². The van der Waals surface area contributed by atoms with Crippen LogP contribution in [-0.2, 0) is 22.7 Å².